The molecule has 1 saturated carbocycles. The van der Waals surface area contributed by atoms with Gasteiger partial charge in [-0.05, 0) is 71.4 Å². The van der Waals surface area contributed by atoms with E-state index >= 15 is 0 Å². The van der Waals surface area contributed by atoms with Crippen LogP contribution in [-0.2, 0) is 0 Å². The number of nitrogens with two attached hydrogens (primary N) is 1. The summed E-state index contributed by atoms with van der Waals surface area (Å²) in [5.74, 6) is 0.983. The lowest BCUT2D eigenvalue weighted by atomic mass is 9.77. The van der Waals surface area contributed by atoms with Gasteiger partial charge in [0.2, 0.25) is 0 Å². The normalized spacial score (nSPS) is 44.4. The summed E-state index contributed by atoms with van der Waals surface area (Å²) in [5, 5.41) is 0. The second-order valence-corrected chi connectivity index (χ2v) is 8.08. The van der Waals surface area contributed by atoms with E-state index in [4.69, 9.17) is 5.73 Å². The maximum Gasteiger partial charge on any atom is 0.0361 e. The van der Waals surface area contributed by atoms with Crippen LogP contribution < -0.4 is 5.73 Å². The van der Waals surface area contributed by atoms with E-state index < -0.39 is 0 Å². The maximum atomic E-state index is 6.34. The molecule has 2 N–H and O–H groups in total. The van der Waals surface area contributed by atoms with Crippen LogP contribution in [0.1, 0.15) is 64.7 Å². The second kappa shape index (κ2) is 6.17. The Hall–Kier alpha value is -0.120. The molecular formula is C18H35N3. The van der Waals surface area contributed by atoms with Gasteiger partial charge < -0.3 is 10.6 Å². The van der Waals surface area contributed by atoms with Crippen molar-refractivity contribution in [3.8, 4) is 0 Å². The first-order valence-electron chi connectivity index (χ1n) is 9.24. The van der Waals surface area contributed by atoms with Crippen molar-refractivity contribution < 1.29 is 0 Å². The molecule has 21 heavy (non-hydrogen) atoms. The zero-order valence-corrected chi connectivity index (χ0v) is 14.4. The molecule has 3 heteroatoms. The fourth-order valence-electron chi connectivity index (χ4n) is 5.47. The third-order valence-electron chi connectivity index (χ3n) is 7.29. The maximum absolute atomic E-state index is 6.34. The molecule has 2 heterocycles. The molecule has 1 aliphatic carbocycles. The molecule has 2 saturated heterocycles. The topological polar surface area (TPSA) is 32.5 Å². The van der Waals surface area contributed by atoms with Crippen molar-refractivity contribution in [2.75, 3.05) is 20.6 Å². The largest absolute Gasteiger partial charge is 0.329 e. The van der Waals surface area contributed by atoms with Gasteiger partial charge in [0.05, 0.1) is 0 Å². The van der Waals surface area contributed by atoms with Crippen molar-refractivity contribution in [1.29, 1.82) is 0 Å². The molecule has 3 nitrogen and oxygen atoms in total. The first-order valence-corrected chi connectivity index (χ1v) is 9.24. The smallest absolute Gasteiger partial charge is 0.0361 e. The number of fused-ring (bicyclic) bond motifs is 2. The highest BCUT2D eigenvalue weighted by molar-refractivity contribution is 5.07. The van der Waals surface area contributed by atoms with Crippen LogP contribution in [0.25, 0.3) is 0 Å². The Labute approximate surface area is 131 Å². The average molecular weight is 293 g/mol. The van der Waals surface area contributed by atoms with Gasteiger partial charge in [0.25, 0.3) is 0 Å². The second-order valence-electron chi connectivity index (χ2n) is 8.08. The number of hydrogen-bond donors (Lipinski definition) is 1. The fraction of sp³-hybridized carbons (Fsp3) is 1.00. The minimum atomic E-state index is 0.280. The summed E-state index contributed by atoms with van der Waals surface area (Å²) in [6, 6.07) is 2.34. The van der Waals surface area contributed by atoms with Gasteiger partial charge in [-0.1, -0.05) is 13.3 Å². The molecule has 122 valence electrons. The van der Waals surface area contributed by atoms with Crippen LogP contribution in [0.5, 0.6) is 0 Å². The number of likely N-dealkylation sites (N-methyl/N-ethyl adjacent to an activating group) is 1. The van der Waals surface area contributed by atoms with Gasteiger partial charge in [-0.25, -0.2) is 0 Å². The minimum absolute atomic E-state index is 0.280. The Morgan fingerprint density at radius 1 is 1.05 bits per heavy atom. The Balaban J connectivity index is 1.69. The molecule has 3 rings (SSSR count). The average Bonchev–Trinajstić information content (AvgIpc) is 2.76. The Bertz CT molecular complexity index is 334. The Morgan fingerprint density at radius 2 is 1.62 bits per heavy atom. The number of hydrogen-bond acceptors (Lipinski definition) is 3. The van der Waals surface area contributed by atoms with Crippen LogP contribution >= 0.6 is 0 Å². The number of rotatable bonds is 4. The van der Waals surface area contributed by atoms with E-state index in [-0.39, 0.29) is 5.54 Å². The van der Waals surface area contributed by atoms with E-state index in [2.05, 4.69) is 30.8 Å². The molecule has 0 aromatic heterocycles. The van der Waals surface area contributed by atoms with E-state index in [0.717, 1.165) is 30.6 Å². The zero-order chi connectivity index (χ0) is 15.0. The predicted octanol–water partition coefficient (Wildman–Crippen LogP) is 2.84. The molecule has 2 bridgehead atoms. The van der Waals surface area contributed by atoms with Crippen molar-refractivity contribution in [3.63, 3.8) is 0 Å². The van der Waals surface area contributed by atoms with Crippen molar-refractivity contribution in [2.45, 2.75) is 88.4 Å². The van der Waals surface area contributed by atoms with Crippen LogP contribution in [0.2, 0.25) is 0 Å². The Kier molecular flexibility index (Phi) is 4.63. The SMILES string of the molecule is CCC1CCC(N(C)C2(CN)CC3CCC(C2)N3C)CC1. The summed E-state index contributed by atoms with van der Waals surface area (Å²) in [4.78, 5) is 5.37. The quantitative estimate of drug-likeness (QED) is 0.865. The van der Waals surface area contributed by atoms with E-state index in [1.807, 2.05) is 0 Å². The van der Waals surface area contributed by atoms with Crippen molar-refractivity contribution in [2.24, 2.45) is 11.7 Å². The zero-order valence-electron chi connectivity index (χ0n) is 14.4. The summed E-state index contributed by atoms with van der Waals surface area (Å²) in [5.41, 5.74) is 6.62. The highest BCUT2D eigenvalue weighted by Gasteiger charge is 2.49. The van der Waals surface area contributed by atoms with Crippen LogP contribution in [0.3, 0.4) is 0 Å². The fourth-order valence-corrected chi connectivity index (χ4v) is 5.47. The van der Waals surface area contributed by atoms with Crippen LogP contribution in [0, 0.1) is 5.92 Å². The van der Waals surface area contributed by atoms with Gasteiger partial charge in [0.15, 0.2) is 0 Å². The summed E-state index contributed by atoms with van der Waals surface area (Å²) >= 11 is 0. The van der Waals surface area contributed by atoms with Gasteiger partial charge in [-0.2, -0.15) is 0 Å². The van der Waals surface area contributed by atoms with Gasteiger partial charge in [-0.15, -0.1) is 0 Å². The molecule has 2 atom stereocenters. The molecule has 0 spiro atoms. The van der Waals surface area contributed by atoms with Crippen LogP contribution in [0.15, 0.2) is 0 Å². The predicted molar refractivity (Wildman–Crippen MR) is 89.4 cm³/mol. The van der Waals surface area contributed by atoms with Crippen LogP contribution in [-0.4, -0.2) is 54.1 Å². The van der Waals surface area contributed by atoms with Crippen molar-refractivity contribution in [1.82, 2.24) is 9.80 Å². The highest BCUT2D eigenvalue weighted by Crippen LogP contribution is 2.44. The summed E-state index contributed by atoms with van der Waals surface area (Å²) in [6.07, 6.45) is 12.4. The first kappa shape index (κ1) is 15.8. The third-order valence-corrected chi connectivity index (χ3v) is 7.29. The van der Waals surface area contributed by atoms with Crippen molar-refractivity contribution in [3.05, 3.63) is 0 Å². The number of nitrogens with zero attached hydrogens (tertiary/aromatic N) is 2. The molecular weight excluding hydrogens is 258 g/mol. The van der Waals surface area contributed by atoms with E-state index in [9.17, 15) is 0 Å². The molecule has 0 aromatic rings. The summed E-state index contributed by atoms with van der Waals surface area (Å²) in [7, 11) is 4.71. The molecule has 3 fully saturated rings. The highest BCUT2D eigenvalue weighted by atomic mass is 15.3. The van der Waals surface area contributed by atoms with Gasteiger partial charge in [0, 0.05) is 30.2 Å². The Morgan fingerprint density at radius 3 is 2.10 bits per heavy atom. The standard InChI is InChI=1S/C18H35N3/c1-4-14-5-7-15(8-6-14)21(3)18(13-19)11-16-9-10-17(12-18)20(16)2/h14-17H,4-13,19H2,1-3H3. The lowest BCUT2D eigenvalue weighted by molar-refractivity contribution is -0.0195. The molecule has 0 radical (unpaired) electrons. The molecule has 0 amide bonds. The van der Waals surface area contributed by atoms with E-state index in [0.29, 0.717) is 0 Å². The molecule has 3 aliphatic rings. The van der Waals surface area contributed by atoms with Crippen molar-refractivity contribution >= 4 is 0 Å². The van der Waals surface area contributed by atoms with E-state index in [1.165, 1.54) is 57.8 Å². The molecule has 0 aromatic carbocycles. The van der Waals surface area contributed by atoms with E-state index in [1.54, 1.807) is 0 Å². The summed E-state index contributed by atoms with van der Waals surface area (Å²) in [6.45, 7) is 3.20. The number of piperidine rings is 1. The van der Waals surface area contributed by atoms with Crippen LogP contribution in [0.4, 0.5) is 0 Å². The first-order chi connectivity index (χ1) is 10.1. The third kappa shape index (κ3) is 2.77. The minimum Gasteiger partial charge on any atom is -0.329 e. The lowest BCUT2D eigenvalue weighted by Gasteiger charge is -2.53. The lowest BCUT2D eigenvalue weighted by Crippen LogP contribution is -2.63. The molecule has 2 unspecified atom stereocenters. The monoisotopic (exact) mass is 293 g/mol. The summed E-state index contributed by atoms with van der Waals surface area (Å²) < 4.78 is 0. The molecule has 2 aliphatic heterocycles. The van der Waals surface area contributed by atoms with Gasteiger partial charge in [0.1, 0.15) is 0 Å². The van der Waals surface area contributed by atoms with Gasteiger partial charge in [-0.3, -0.25) is 4.90 Å². The van der Waals surface area contributed by atoms with Gasteiger partial charge >= 0.3 is 0 Å².